The molecule has 2 amide bonds. The van der Waals surface area contributed by atoms with Crippen LogP contribution in [0.1, 0.15) is 36.0 Å². The van der Waals surface area contributed by atoms with Crippen LogP contribution in [-0.2, 0) is 4.79 Å². The standard InChI is InChI=1S/C15H16ClFN2O2/c16-11-9-10(3-4-12(11)17)13(20)19-8-2-6-15(19)5-1-7-18-14(15)21/h3-4,9H,1-2,5-8H2,(H,18,21). The largest absolute Gasteiger partial charge is 0.354 e. The average molecular weight is 311 g/mol. The van der Waals surface area contributed by atoms with Crippen molar-refractivity contribution in [2.45, 2.75) is 31.2 Å². The molecule has 112 valence electrons. The van der Waals surface area contributed by atoms with Crippen LogP contribution in [0.3, 0.4) is 0 Å². The number of nitrogens with zero attached hydrogens (tertiary/aromatic N) is 1. The van der Waals surface area contributed by atoms with E-state index in [0.29, 0.717) is 31.5 Å². The molecule has 2 fully saturated rings. The van der Waals surface area contributed by atoms with Gasteiger partial charge in [-0.3, -0.25) is 9.59 Å². The first-order valence-corrected chi connectivity index (χ1v) is 7.48. The van der Waals surface area contributed by atoms with Crippen LogP contribution in [-0.4, -0.2) is 35.3 Å². The molecule has 1 aromatic rings. The van der Waals surface area contributed by atoms with Crippen LogP contribution in [0.15, 0.2) is 18.2 Å². The number of carbonyl (C=O) groups is 2. The molecular formula is C15H16ClFN2O2. The van der Waals surface area contributed by atoms with E-state index < -0.39 is 11.4 Å². The molecule has 1 aromatic carbocycles. The molecule has 6 heteroatoms. The maximum absolute atomic E-state index is 13.2. The fraction of sp³-hybridized carbons (Fsp3) is 0.467. The minimum absolute atomic E-state index is 0.0761. The zero-order chi connectivity index (χ0) is 15.0. The van der Waals surface area contributed by atoms with Crippen molar-refractivity contribution in [2.75, 3.05) is 13.1 Å². The van der Waals surface area contributed by atoms with Gasteiger partial charge in [-0.25, -0.2) is 4.39 Å². The first kappa shape index (κ1) is 14.3. The van der Waals surface area contributed by atoms with E-state index in [2.05, 4.69) is 5.32 Å². The summed E-state index contributed by atoms with van der Waals surface area (Å²) in [5, 5.41) is 2.77. The minimum Gasteiger partial charge on any atom is -0.354 e. The Morgan fingerprint density at radius 3 is 2.81 bits per heavy atom. The van der Waals surface area contributed by atoms with Gasteiger partial charge in [-0.1, -0.05) is 11.6 Å². The first-order valence-electron chi connectivity index (χ1n) is 7.10. The summed E-state index contributed by atoms with van der Waals surface area (Å²) in [4.78, 5) is 26.6. The van der Waals surface area contributed by atoms with Crippen molar-refractivity contribution in [3.63, 3.8) is 0 Å². The lowest BCUT2D eigenvalue weighted by molar-refractivity contribution is -0.133. The molecule has 21 heavy (non-hydrogen) atoms. The highest BCUT2D eigenvalue weighted by Crippen LogP contribution is 2.37. The van der Waals surface area contributed by atoms with Gasteiger partial charge in [0, 0.05) is 18.7 Å². The highest BCUT2D eigenvalue weighted by molar-refractivity contribution is 6.31. The minimum atomic E-state index is -0.740. The van der Waals surface area contributed by atoms with Crippen molar-refractivity contribution < 1.29 is 14.0 Å². The number of rotatable bonds is 1. The summed E-state index contributed by atoms with van der Waals surface area (Å²) in [6.45, 7) is 1.20. The van der Waals surface area contributed by atoms with Gasteiger partial charge >= 0.3 is 0 Å². The smallest absolute Gasteiger partial charge is 0.254 e. The van der Waals surface area contributed by atoms with Crippen LogP contribution in [0.5, 0.6) is 0 Å². The van der Waals surface area contributed by atoms with Crippen LogP contribution in [0.25, 0.3) is 0 Å². The quantitative estimate of drug-likeness (QED) is 0.865. The fourth-order valence-corrected chi connectivity index (χ4v) is 3.50. The third kappa shape index (κ3) is 2.29. The molecule has 4 nitrogen and oxygen atoms in total. The van der Waals surface area contributed by atoms with Gasteiger partial charge in [0.2, 0.25) is 5.91 Å². The van der Waals surface area contributed by atoms with Gasteiger partial charge in [-0.15, -0.1) is 0 Å². The Labute approximate surface area is 127 Å². The molecule has 0 aromatic heterocycles. The Morgan fingerprint density at radius 2 is 2.10 bits per heavy atom. The summed E-state index contributed by atoms with van der Waals surface area (Å²) in [7, 11) is 0. The van der Waals surface area contributed by atoms with Crippen LogP contribution < -0.4 is 5.32 Å². The zero-order valence-electron chi connectivity index (χ0n) is 11.5. The van der Waals surface area contributed by atoms with E-state index in [0.717, 1.165) is 12.8 Å². The van der Waals surface area contributed by atoms with Crippen molar-refractivity contribution >= 4 is 23.4 Å². The van der Waals surface area contributed by atoms with E-state index in [9.17, 15) is 14.0 Å². The van der Waals surface area contributed by atoms with E-state index in [1.54, 1.807) is 4.90 Å². The number of halogens is 2. The van der Waals surface area contributed by atoms with Crippen LogP contribution in [0, 0.1) is 5.82 Å². The zero-order valence-corrected chi connectivity index (χ0v) is 12.3. The molecule has 2 saturated heterocycles. The number of carbonyl (C=O) groups excluding carboxylic acids is 2. The maximum Gasteiger partial charge on any atom is 0.254 e. The van der Waals surface area contributed by atoms with Gasteiger partial charge in [0.15, 0.2) is 0 Å². The Morgan fingerprint density at radius 1 is 1.33 bits per heavy atom. The van der Waals surface area contributed by atoms with Crippen LogP contribution in [0.4, 0.5) is 4.39 Å². The number of piperidine rings is 1. The second-order valence-corrected chi connectivity index (χ2v) is 5.99. The SMILES string of the molecule is O=C(c1ccc(F)c(Cl)c1)N1CCCC12CCCNC2=O. The molecule has 3 rings (SSSR count). The number of likely N-dealkylation sites (tertiary alicyclic amines) is 1. The summed E-state index contributed by atoms with van der Waals surface area (Å²) in [5.74, 6) is -0.890. The molecule has 2 aliphatic rings. The summed E-state index contributed by atoms with van der Waals surface area (Å²) in [6, 6.07) is 3.92. The Balaban J connectivity index is 1.92. The molecule has 2 aliphatic heterocycles. The predicted octanol–water partition coefficient (Wildman–Crippen LogP) is 2.36. The monoisotopic (exact) mass is 310 g/mol. The lowest BCUT2D eigenvalue weighted by Gasteiger charge is -2.40. The van der Waals surface area contributed by atoms with Crippen molar-refractivity contribution in [1.29, 1.82) is 0 Å². The van der Waals surface area contributed by atoms with Gasteiger partial charge in [0.05, 0.1) is 5.02 Å². The van der Waals surface area contributed by atoms with Gasteiger partial charge in [0.1, 0.15) is 11.4 Å². The molecule has 1 N–H and O–H groups in total. The average Bonchev–Trinajstić information content (AvgIpc) is 2.89. The first-order chi connectivity index (χ1) is 10.0. The highest BCUT2D eigenvalue weighted by atomic mass is 35.5. The highest BCUT2D eigenvalue weighted by Gasteiger charge is 2.50. The number of amides is 2. The van der Waals surface area contributed by atoms with E-state index in [-0.39, 0.29) is 16.8 Å². The lowest BCUT2D eigenvalue weighted by atomic mass is 9.86. The third-order valence-electron chi connectivity index (χ3n) is 4.38. The molecule has 1 spiro atoms. The molecule has 0 aliphatic carbocycles. The molecule has 0 radical (unpaired) electrons. The van der Waals surface area contributed by atoms with E-state index in [4.69, 9.17) is 11.6 Å². The molecular weight excluding hydrogens is 295 g/mol. The Kier molecular flexibility index (Phi) is 3.61. The molecule has 0 bridgehead atoms. The third-order valence-corrected chi connectivity index (χ3v) is 4.67. The second kappa shape index (κ2) is 5.30. The topological polar surface area (TPSA) is 49.4 Å². The van der Waals surface area contributed by atoms with Crippen molar-refractivity contribution in [2.24, 2.45) is 0 Å². The summed E-state index contributed by atoms with van der Waals surface area (Å²) in [5.41, 5.74) is -0.419. The lowest BCUT2D eigenvalue weighted by Crippen LogP contribution is -2.60. The van der Waals surface area contributed by atoms with Gasteiger partial charge < -0.3 is 10.2 Å². The van der Waals surface area contributed by atoms with E-state index in [1.165, 1.54) is 18.2 Å². The molecule has 2 heterocycles. The van der Waals surface area contributed by atoms with Crippen molar-refractivity contribution in [3.8, 4) is 0 Å². The molecule has 0 saturated carbocycles. The maximum atomic E-state index is 13.2. The van der Waals surface area contributed by atoms with Crippen molar-refractivity contribution in [3.05, 3.63) is 34.6 Å². The molecule has 1 atom stereocenters. The second-order valence-electron chi connectivity index (χ2n) is 5.58. The Hall–Kier alpha value is -1.62. The van der Waals surface area contributed by atoms with E-state index >= 15 is 0 Å². The summed E-state index contributed by atoms with van der Waals surface area (Å²) >= 11 is 5.75. The van der Waals surface area contributed by atoms with Gasteiger partial charge in [0.25, 0.3) is 5.91 Å². The summed E-state index contributed by atoms with van der Waals surface area (Å²) < 4.78 is 13.2. The molecule has 1 unspecified atom stereocenters. The summed E-state index contributed by atoms with van der Waals surface area (Å²) in [6.07, 6.45) is 3.02. The van der Waals surface area contributed by atoms with E-state index in [1.807, 2.05) is 0 Å². The van der Waals surface area contributed by atoms with Crippen LogP contribution in [0.2, 0.25) is 5.02 Å². The predicted molar refractivity (Wildman–Crippen MR) is 76.7 cm³/mol. The van der Waals surface area contributed by atoms with Crippen LogP contribution >= 0.6 is 11.6 Å². The van der Waals surface area contributed by atoms with Gasteiger partial charge in [-0.2, -0.15) is 0 Å². The number of nitrogens with one attached hydrogen (secondary N) is 1. The Bertz CT molecular complexity index is 607. The van der Waals surface area contributed by atoms with Gasteiger partial charge in [-0.05, 0) is 43.9 Å². The number of benzene rings is 1. The number of hydrogen-bond donors (Lipinski definition) is 1. The van der Waals surface area contributed by atoms with Crippen molar-refractivity contribution in [1.82, 2.24) is 10.2 Å². The normalized spacial score (nSPS) is 25.2. The fourth-order valence-electron chi connectivity index (χ4n) is 3.32. The number of hydrogen-bond acceptors (Lipinski definition) is 2.